The van der Waals surface area contributed by atoms with Gasteiger partial charge in [0.2, 0.25) is 0 Å². The zero-order valence-electron chi connectivity index (χ0n) is 10.8. The molecule has 20 heavy (non-hydrogen) atoms. The van der Waals surface area contributed by atoms with Crippen LogP contribution in [0.4, 0.5) is 4.39 Å². The number of aliphatic hydroxyl groups is 1. The van der Waals surface area contributed by atoms with E-state index in [2.05, 4.69) is 15.9 Å². The number of aliphatic hydroxyl groups excluding tert-OH is 1. The summed E-state index contributed by atoms with van der Waals surface area (Å²) in [6.07, 6.45) is -0.281. The van der Waals surface area contributed by atoms with E-state index in [-0.39, 0.29) is 5.82 Å². The van der Waals surface area contributed by atoms with E-state index in [4.69, 9.17) is 4.74 Å². The van der Waals surface area contributed by atoms with Gasteiger partial charge in [-0.3, -0.25) is 0 Å². The van der Waals surface area contributed by atoms with Gasteiger partial charge in [-0.2, -0.15) is 0 Å². The number of ether oxygens (including phenoxy) is 1. The molecule has 0 fully saturated rings. The summed E-state index contributed by atoms with van der Waals surface area (Å²) < 4.78 is 19.4. The van der Waals surface area contributed by atoms with Crippen molar-refractivity contribution in [2.45, 2.75) is 25.7 Å². The molecule has 0 aromatic heterocycles. The van der Waals surface area contributed by atoms with Gasteiger partial charge in [-0.1, -0.05) is 34.1 Å². The quantitative estimate of drug-likeness (QED) is 0.921. The highest BCUT2D eigenvalue weighted by Gasteiger charge is 2.16. The van der Waals surface area contributed by atoms with Gasteiger partial charge in [0.15, 0.2) is 0 Å². The Hall–Kier alpha value is -1.23. The SMILES string of the molecule is OC(Cc1cc(F)ccc1Br)c1ccc2c(c1)COC2. The van der Waals surface area contributed by atoms with Gasteiger partial charge < -0.3 is 9.84 Å². The van der Waals surface area contributed by atoms with Crippen molar-refractivity contribution in [3.63, 3.8) is 0 Å². The second-order valence-corrected chi connectivity index (χ2v) is 5.83. The van der Waals surface area contributed by atoms with Crippen LogP contribution in [0.2, 0.25) is 0 Å². The van der Waals surface area contributed by atoms with Crippen LogP contribution in [0.15, 0.2) is 40.9 Å². The standard InChI is InChI=1S/C16H14BrFO2/c17-15-4-3-14(18)6-12(15)7-16(19)10-1-2-11-8-20-9-13(11)5-10/h1-6,16,19H,7-9H2. The van der Waals surface area contributed by atoms with Crippen LogP contribution in [0.3, 0.4) is 0 Å². The van der Waals surface area contributed by atoms with Gasteiger partial charge in [0, 0.05) is 10.9 Å². The van der Waals surface area contributed by atoms with Gasteiger partial charge in [-0.15, -0.1) is 0 Å². The number of benzene rings is 2. The van der Waals surface area contributed by atoms with Crippen molar-refractivity contribution < 1.29 is 14.2 Å². The molecular formula is C16H14BrFO2. The van der Waals surface area contributed by atoms with Crippen molar-refractivity contribution in [1.82, 2.24) is 0 Å². The van der Waals surface area contributed by atoms with Crippen LogP contribution in [-0.4, -0.2) is 5.11 Å². The third-order valence-corrected chi connectivity index (χ3v) is 4.32. The Kier molecular flexibility index (Phi) is 3.87. The molecule has 0 aliphatic carbocycles. The summed E-state index contributed by atoms with van der Waals surface area (Å²) in [4.78, 5) is 0. The van der Waals surface area contributed by atoms with Crippen molar-refractivity contribution >= 4 is 15.9 Å². The van der Waals surface area contributed by atoms with Crippen molar-refractivity contribution in [3.05, 3.63) is 68.9 Å². The number of rotatable bonds is 3. The highest BCUT2D eigenvalue weighted by molar-refractivity contribution is 9.10. The fourth-order valence-electron chi connectivity index (χ4n) is 2.43. The summed E-state index contributed by atoms with van der Waals surface area (Å²) in [5.41, 5.74) is 3.90. The average Bonchev–Trinajstić information content (AvgIpc) is 2.90. The number of hydrogen-bond acceptors (Lipinski definition) is 2. The molecule has 3 rings (SSSR count). The summed E-state index contributed by atoms with van der Waals surface area (Å²) in [6.45, 7) is 1.24. The van der Waals surface area contributed by atoms with Gasteiger partial charge in [0.05, 0.1) is 19.3 Å². The highest BCUT2D eigenvalue weighted by Crippen LogP contribution is 2.28. The van der Waals surface area contributed by atoms with E-state index in [1.54, 1.807) is 6.07 Å². The average molecular weight is 337 g/mol. The molecule has 1 N–H and O–H groups in total. The van der Waals surface area contributed by atoms with E-state index in [1.165, 1.54) is 17.7 Å². The predicted molar refractivity (Wildman–Crippen MR) is 77.7 cm³/mol. The Bertz CT molecular complexity index is 642. The maximum absolute atomic E-state index is 13.3. The van der Waals surface area contributed by atoms with E-state index in [0.717, 1.165) is 21.2 Å². The molecule has 1 aliphatic heterocycles. The van der Waals surface area contributed by atoms with Gasteiger partial charge >= 0.3 is 0 Å². The second kappa shape index (κ2) is 5.64. The lowest BCUT2D eigenvalue weighted by atomic mass is 9.98. The van der Waals surface area contributed by atoms with Crippen LogP contribution >= 0.6 is 15.9 Å². The van der Waals surface area contributed by atoms with Crippen LogP contribution < -0.4 is 0 Å². The molecule has 0 saturated carbocycles. The fourth-order valence-corrected chi connectivity index (χ4v) is 2.83. The molecule has 1 atom stereocenters. The molecule has 2 aromatic carbocycles. The maximum atomic E-state index is 13.3. The van der Waals surface area contributed by atoms with Crippen LogP contribution in [0.5, 0.6) is 0 Å². The third kappa shape index (κ3) is 2.77. The smallest absolute Gasteiger partial charge is 0.123 e. The van der Waals surface area contributed by atoms with E-state index < -0.39 is 6.10 Å². The first-order valence-electron chi connectivity index (χ1n) is 6.45. The first-order valence-corrected chi connectivity index (χ1v) is 7.24. The Morgan fingerprint density at radius 3 is 2.80 bits per heavy atom. The molecule has 0 spiro atoms. The maximum Gasteiger partial charge on any atom is 0.123 e. The monoisotopic (exact) mass is 336 g/mol. The van der Waals surface area contributed by atoms with Crippen LogP contribution in [0.1, 0.15) is 28.4 Å². The van der Waals surface area contributed by atoms with Crippen LogP contribution in [0.25, 0.3) is 0 Å². The first-order chi connectivity index (χ1) is 9.63. The van der Waals surface area contributed by atoms with Gasteiger partial charge in [-0.25, -0.2) is 4.39 Å². The van der Waals surface area contributed by atoms with E-state index in [9.17, 15) is 9.50 Å². The normalized spacial score (nSPS) is 15.2. The van der Waals surface area contributed by atoms with Crippen molar-refractivity contribution in [2.75, 3.05) is 0 Å². The topological polar surface area (TPSA) is 29.5 Å². The van der Waals surface area contributed by atoms with E-state index in [0.29, 0.717) is 19.6 Å². The van der Waals surface area contributed by atoms with Crippen LogP contribution in [-0.2, 0) is 24.4 Å². The minimum Gasteiger partial charge on any atom is -0.388 e. The number of halogens is 2. The van der Waals surface area contributed by atoms with E-state index >= 15 is 0 Å². The summed E-state index contributed by atoms with van der Waals surface area (Å²) in [5, 5.41) is 10.3. The molecule has 104 valence electrons. The fraction of sp³-hybridized carbons (Fsp3) is 0.250. The van der Waals surface area contributed by atoms with Crippen LogP contribution in [0, 0.1) is 5.82 Å². The number of fused-ring (bicyclic) bond motifs is 1. The molecule has 1 aliphatic rings. The van der Waals surface area contributed by atoms with Crippen molar-refractivity contribution in [3.8, 4) is 0 Å². The Morgan fingerprint density at radius 1 is 1.15 bits per heavy atom. The largest absolute Gasteiger partial charge is 0.388 e. The van der Waals surface area contributed by atoms with Crippen molar-refractivity contribution in [1.29, 1.82) is 0 Å². The summed E-state index contributed by atoms with van der Waals surface area (Å²) >= 11 is 3.38. The van der Waals surface area contributed by atoms with Gasteiger partial charge in [0.1, 0.15) is 5.82 Å². The Morgan fingerprint density at radius 2 is 1.95 bits per heavy atom. The lowest BCUT2D eigenvalue weighted by Crippen LogP contribution is -2.03. The van der Waals surface area contributed by atoms with E-state index in [1.807, 2.05) is 18.2 Å². The molecule has 0 saturated heterocycles. The lowest BCUT2D eigenvalue weighted by molar-refractivity contribution is 0.134. The summed E-state index contributed by atoms with van der Waals surface area (Å²) in [6, 6.07) is 10.4. The molecule has 2 nitrogen and oxygen atoms in total. The van der Waals surface area contributed by atoms with Gasteiger partial charge in [-0.05, 0) is 40.5 Å². The minimum atomic E-state index is -0.654. The molecular weight excluding hydrogens is 323 g/mol. The molecule has 0 amide bonds. The second-order valence-electron chi connectivity index (χ2n) is 4.98. The summed E-state index contributed by atoms with van der Waals surface area (Å²) in [7, 11) is 0. The first kappa shape index (κ1) is 13.7. The van der Waals surface area contributed by atoms with Gasteiger partial charge in [0.25, 0.3) is 0 Å². The van der Waals surface area contributed by atoms with Crippen molar-refractivity contribution in [2.24, 2.45) is 0 Å². The zero-order valence-corrected chi connectivity index (χ0v) is 12.4. The third-order valence-electron chi connectivity index (χ3n) is 3.55. The zero-order chi connectivity index (χ0) is 14.1. The Labute approximate surface area is 125 Å². The Balaban J connectivity index is 1.82. The highest BCUT2D eigenvalue weighted by atomic mass is 79.9. The summed E-state index contributed by atoms with van der Waals surface area (Å²) in [5.74, 6) is -0.294. The lowest BCUT2D eigenvalue weighted by Gasteiger charge is -2.13. The molecule has 0 radical (unpaired) electrons. The molecule has 1 heterocycles. The minimum absolute atomic E-state index is 0.294. The molecule has 1 unspecified atom stereocenters. The number of hydrogen-bond donors (Lipinski definition) is 1. The predicted octanol–water partition coefficient (Wildman–Crippen LogP) is 3.89. The molecule has 2 aromatic rings. The molecule has 0 bridgehead atoms. The molecule has 4 heteroatoms.